The highest BCUT2D eigenvalue weighted by Crippen LogP contribution is 2.37. The van der Waals surface area contributed by atoms with Gasteiger partial charge in [-0.25, -0.2) is 4.98 Å². The van der Waals surface area contributed by atoms with Crippen LogP contribution in [0.3, 0.4) is 0 Å². The summed E-state index contributed by atoms with van der Waals surface area (Å²) < 4.78 is 0. The van der Waals surface area contributed by atoms with Crippen LogP contribution < -0.4 is 10.2 Å². The third-order valence-corrected chi connectivity index (χ3v) is 5.33. The Labute approximate surface area is 133 Å². The molecule has 0 radical (unpaired) electrons. The molecule has 116 valence electrons. The van der Waals surface area contributed by atoms with Crippen LogP contribution in [0, 0.1) is 5.92 Å². The first kappa shape index (κ1) is 15.1. The van der Waals surface area contributed by atoms with E-state index in [-0.39, 0.29) is 0 Å². The van der Waals surface area contributed by atoms with Gasteiger partial charge in [0.05, 0.1) is 10.7 Å². The van der Waals surface area contributed by atoms with Gasteiger partial charge in [-0.1, -0.05) is 31.4 Å². The van der Waals surface area contributed by atoms with E-state index in [1.165, 1.54) is 38.5 Å². The van der Waals surface area contributed by atoms with E-state index in [1.54, 1.807) is 0 Å². The van der Waals surface area contributed by atoms with Crippen LogP contribution in [-0.2, 0) is 6.54 Å². The Morgan fingerprint density at radius 2 is 2.05 bits per heavy atom. The number of hydrogen-bond donors (Lipinski definition) is 1. The number of fused-ring (bicyclic) bond motifs is 1. The van der Waals surface area contributed by atoms with Crippen LogP contribution in [0.2, 0.25) is 5.02 Å². The van der Waals surface area contributed by atoms with Gasteiger partial charge in [0.2, 0.25) is 0 Å². The first-order valence-electron chi connectivity index (χ1n) is 8.42. The van der Waals surface area contributed by atoms with E-state index >= 15 is 0 Å². The number of hydrogen-bond acceptors (Lipinski definition) is 3. The van der Waals surface area contributed by atoms with E-state index in [4.69, 9.17) is 16.6 Å². The van der Waals surface area contributed by atoms with Crippen molar-refractivity contribution in [3.05, 3.63) is 22.8 Å². The zero-order valence-electron chi connectivity index (χ0n) is 12.9. The maximum Gasteiger partial charge on any atom is 0.129 e. The predicted molar refractivity (Wildman–Crippen MR) is 89.0 cm³/mol. The molecular formula is C17H26ClN3. The highest BCUT2D eigenvalue weighted by Gasteiger charge is 2.33. The molecule has 0 spiro atoms. The Morgan fingerprint density at radius 1 is 1.24 bits per heavy atom. The minimum atomic E-state index is 0.702. The number of nitrogens with zero attached hydrogens (tertiary/aromatic N) is 2. The monoisotopic (exact) mass is 307 g/mol. The summed E-state index contributed by atoms with van der Waals surface area (Å²) in [4.78, 5) is 7.41. The fourth-order valence-electron chi connectivity index (χ4n) is 3.91. The number of piperidine rings is 1. The topological polar surface area (TPSA) is 28.2 Å². The Bertz CT molecular complexity index is 475. The summed E-state index contributed by atoms with van der Waals surface area (Å²) in [7, 11) is 0. The predicted octanol–water partition coefficient (Wildman–Crippen LogP) is 4.00. The molecule has 0 aromatic carbocycles. The van der Waals surface area contributed by atoms with E-state index in [1.807, 2.05) is 6.07 Å². The second-order valence-electron chi connectivity index (χ2n) is 6.33. The molecular weight excluding hydrogens is 282 g/mol. The highest BCUT2D eigenvalue weighted by molar-refractivity contribution is 6.31. The highest BCUT2D eigenvalue weighted by atomic mass is 35.5. The summed E-state index contributed by atoms with van der Waals surface area (Å²) in [6, 6.07) is 4.82. The van der Waals surface area contributed by atoms with Gasteiger partial charge in [-0.3, -0.25) is 0 Å². The first-order valence-corrected chi connectivity index (χ1v) is 8.80. The number of anilines is 1. The van der Waals surface area contributed by atoms with Crippen molar-refractivity contribution >= 4 is 17.4 Å². The van der Waals surface area contributed by atoms with Crippen LogP contribution >= 0.6 is 11.6 Å². The van der Waals surface area contributed by atoms with Crippen molar-refractivity contribution in [2.75, 3.05) is 18.0 Å². The smallest absolute Gasteiger partial charge is 0.129 e. The SMILES string of the molecule is CCNCc1nc(N2CCC[C@H]3CCCC[C@H]32)ccc1Cl. The lowest BCUT2D eigenvalue weighted by molar-refractivity contribution is 0.242. The van der Waals surface area contributed by atoms with Crippen molar-refractivity contribution in [2.45, 2.75) is 58.0 Å². The van der Waals surface area contributed by atoms with Crippen LogP contribution in [0.4, 0.5) is 5.82 Å². The Morgan fingerprint density at radius 3 is 2.90 bits per heavy atom. The molecule has 0 unspecified atom stereocenters. The van der Waals surface area contributed by atoms with E-state index in [2.05, 4.69) is 23.2 Å². The van der Waals surface area contributed by atoms with Crippen molar-refractivity contribution in [2.24, 2.45) is 5.92 Å². The van der Waals surface area contributed by atoms with E-state index in [0.29, 0.717) is 6.04 Å². The number of nitrogens with one attached hydrogen (secondary N) is 1. The Hall–Kier alpha value is -0.800. The van der Waals surface area contributed by atoms with Gasteiger partial charge in [-0.05, 0) is 50.3 Å². The van der Waals surface area contributed by atoms with Gasteiger partial charge in [0.15, 0.2) is 0 Å². The van der Waals surface area contributed by atoms with Crippen LogP contribution in [0.25, 0.3) is 0 Å². The van der Waals surface area contributed by atoms with Crippen LogP contribution in [0.15, 0.2) is 12.1 Å². The third-order valence-electron chi connectivity index (χ3n) is 4.98. The number of halogens is 1. The van der Waals surface area contributed by atoms with Crippen molar-refractivity contribution < 1.29 is 0 Å². The number of aromatic nitrogens is 1. The third kappa shape index (κ3) is 3.35. The molecule has 2 atom stereocenters. The molecule has 1 saturated heterocycles. The quantitative estimate of drug-likeness (QED) is 0.911. The van der Waals surface area contributed by atoms with E-state index < -0.39 is 0 Å². The summed E-state index contributed by atoms with van der Waals surface area (Å²) in [5.41, 5.74) is 0.981. The molecule has 1 aliphatic heterocycles. The van der Waals surface area contributed by atoms with Crippen molar-refractivity contribution in [1.29, 1.82) is 0 Å². The molecule has 2 aliphatic rings. The molecule has 1 aromatic heterocycles. The van der Waals surface area contributed by atoms with E-state index in [9.17, 15) is 0 Å². The lowest BCUT2D eigenvalue weighted by Crippen LogP contribution is -2.47. The second kappa shape index (κ2) is 6.97. The molecule has 1 N–H and O–H groups in total. The summed E-state index contributed by atoms with van der Waals surface area (Å²) in [6.45, 7) is 4.95. The minimum absolute atomic E-state index is 0.702. The van der Waals surface area contributed by atoms with Gasteiger partial charge in [-0.2, -0.15) is 0 Å². The molecule has 0 bridgehead atoms. The van der Waals surface area contributed by atoms with Gasteiger partial charge in [-0.15, -0.1) is 0 Å². The van der Waals surface area contributed by atoms with E-state index in [0.717, 1.165) is 42.1 Å². The molecule has 3 rings (SSSR count). The molecule has 3 nitrogen and oxygen atoms in total. The zero-order chi connectivity index (χ0) is 14.7. The van der Waals surface area contributed by atoms with Gasteiger partial charge in [0, 0.05) is 19.1 Å². The molecule has 1 saturated carbocycles. The number of pyridine rings is 1. The van der Waals surface area contributed by atoms with Crippen LogP contribution in [0.5, 0.6) is 0 Å². The average Bonchev–Trinajstić information content (AvgIpc) is 2.54. The zero-order valence-corrected chi connectivity index (χ0v) is 13.7. The summed E-state index contributed by atoms with van der Waals surface area (Å²) in [5.74, 6) is 2.01. The number of rotatable bonds is 4. The van der Waals surface area contributed by atoms with Crippen molar-refractivity contribution in [3.8, 4) is 0 Å². The van der Waals surface area contributed by atoms with Crippen LogP contribution in [0.1, 0.15) is 51.1 Å². The normalized spacial score (nSPS) is 25.7. The second-order valence-corrected chi connectivity index (χ2v) is 6.73. The summed E-state index contributed by atoms with van der Waals surface area (Å²) in [6.07, 6.45) is 8.22. The largest absolute Gasteiger partial charge is 0.353 e. The van der Waals surface area contributed by atoms with Crippen molar-refractivity contribution in [1.82, 2.24) is 10.3 Å². The van der Waals surface area contributed by atoms with Gasteiger partial charge in [0.1, 0.15) is 5.82 Å². The maximum absolute atomic E-state index is 6.29. The molecule has 2 fully saturated rings. The average molecular weight is 308 g/mol. The standard InChI is InChI=1S/C17H26ClN3/c1-2-19-12-15-14(18)9-10-17(20-15)21-11-5-7-13-6-3-4-8-16(13)21/h9-10,13,16,19H,2-8,11-12H2,1H3/t13-,16-/m1/s1. The van der Waals surface area contributed by atoms with Crippen molar-refractivity contribution in [3.63, 3.8) is 0 Å². The van der Waals surface area contributed by atoms with Crippen LogP contribution in [-0.4, -0.2) is 24.1 Å². The van der Waals surface area contributed by atoms with Gasteiger partial charge in [0.25, 0.3) is 0 Å². The molecule has 0 amide bonds. The van der Waals surface area contributed by atoms with Gasteiger partial charge >= 0.3 is 0 Å². The Kier molecular flexibility index (Phi) is 5.02. The maximum atomic E-state index is 6.29. The lowest BCUT2D eigenvalue weighted by Gasteiger charge is -2.45. The fourth-order valence-corrected chi connectivity index (χ4v) is 4.08. The molecule has 21 heavy (non-hydrogen) atoms. The first-order chi connectivity index (χ1) is 10.3. The lowest BCUT2D eigenvalue weighted by atomic mass is 9.78. The molecule has 2 heterocycles. The molecule has 1 aliphatic carbocycles. The molecule has 1 aromatic rings. The van der Waals surface area contributed by atoms with Gasteiger partial charge < -0.3 is 10.2 Å². The summed E-state index contributed by atoms with van der Waals surface area (Å²) in [5, 5.41) is 4.10. The fraction of sp³-hybridized carbons (Fsp3) is 0.706. The minimum Gasteiger partial charge on any atom is -0.353 e. The molecule has 4 heteroatoms. The summed E-state index contributed by atoms with van der Waals surface area (Å²) >= 11 is 6.29. The Balaban J connectivity index is 1.81.